The summed E-state index contributed by atoms with van der Waals surface area (Å²) in [7, 11) is 1.67. The fourth-order valence-electron chi connectivity index (χ4n) is 1.56. The van der Waals surface area contributed by atoms with Crippen LogP contribution in [0.15, 0.2) is 30.3 Å². The maximum absolute atomic E-state index is 6.03. The van der Waals surface area contributed by atoms with Crippen LogP contribution in [0.1, 0.15) is 5.56 Å². The molecule has 72 valence electrons. The molecule has 2 rings (SSSR count). The van der Waals surface area contributed by atoms with Crippen LogP contribution in [0, 0.1) is 6.92 Å². The van der Waals surface area contributed by atoms with Gasteiger partial charge in [0.1, 0.15) is 5.75 Å². The highest BCUT2D eigenvalue weighted by atomic mass is 35.5. The van der Waals surface area contributed by atoms with E-state index in [9.17, 15) is 0 Å². The topological polar surface area (TPSA) is 9.23 Å². The van der Waals surface area contributed by atoms with Gasteiger partial charge < -0.3 is 4.74 Å². The summed E-state index contributed by atoms with van der Waals surface area (Å²) in [6.45, 7) is 2.02. The fourth-order valence-corrected chi connectivity index (χ4v) is 1.73. The lowest BCUT2D eigenvalue weighted by Gasteiger charge is -2.06. The second-order valence-corrected chi connectivity index (χ2v) is 3.67. The molecule has 0 aliphatic rings. The lowest BCUT2D eigenvalue weighted by molar-refractivity contribution is 0.415. The zero-order valence-corrected chi connectivity index (χ0v) is 8.93. The van der Waals surface area contributed by atoms with E-state index in [1.54, 1.807) is 7.11 Å². The first-order valence-corrected chi connectivity index (χ1v) is 4.83. The molecule has 2 aromatic carbocycles. The molecule has 1 nitrogen and oxygen atoms in total. The first-order chi connectivity index (χ1) is 6.72. The summed E-state index contributed by atoms with van der Waals surface area (Å²) in [6.07, 6.45) is 0. The lowest BCUT2D eigenvalue weighted by Crippen LogP contribution is -1.84. The van der Waals surface area contributed by atoms with Crippen molar-refractivity contribution < 1.29 is 4.74 Å². The Hall–Kier alpha value is -1.21. The molecule has 0 saturated carbocycles. The van der Waals surface area contributed by atoms with E-state index in [0.717, 1.165) is 21.7 Å². The first kappa shape index (κ1) is 9.35. The van der Waals surface area contributed by atoms with Crippen LogP contribution < -0.4 is 4.74 Å². The van der Waals surface area contributed by atoms with Crippen LogP contribution in [-0.4, -0.2) is 7.11 Å². The number of benzene rings is 2. The Morgan fingerprint density at radius 3 is 2.64 bits per heavy atom. The van der Waals surface area contributed by atoms with E-state index in [-0.39, 0.29) is 0 Å². The van der Waals surface area contributed by atoms with Crippen LogP contribution >= 0.6 is 11.6 Å². The van der Waals surface area contributed by atoms with E-state index in [0.29, 0.717) is 0 Å². The molecular formula is C12H11ClO. The quantitative estimate of drug-likeness (QED) is 0.690. The van der Waals surface area contributed by atoms with Gasteiger partial charge in [0, 0.05) is 5.02 Å². The predicted octanol–water partition coefficient (Wildman–Crippen LogP) is 3.81. The summed E-state index contributed by atoms with van der Waals surface area (Å²) in [5.41, 5.74) is 1.12. The van der Waals surface area contributed by atoms with Gasteiger partial charge in [-0.2, -0.15) is 0 Å². The van der Waals surface area contributed by atoms with Gasteiger partial charge in [0.25, 0.3) is 0 Å². The van der Waals surface area contributed by atoms with Gasteiger partial charge in [-0.1, -0.05) is 23.7 Å². The van der Waals surface area contributed by atoms with Crippen LogP contribution in [0.4, 0.5) is 0 Å². The summed E-state index contributed by atoms with van der Waals surface area (Å²) in [6, 6.07) is 9.92. The van der Waals surface area contributed by atoms with Crippen LogP contribution in [-0.2, 0) is 0 Å². The molecule has 2 aromatic rings. The standard InChI is InChI=1S/C12H11ClO/c1-8-11-5-4-10(14-2)7-9(11)3-6-12(8)13/h3-7H,1-2H3. The van der Waals surface area contributed by atoms with Crippen molar-refractivity contribution >= 4 is 22.4 Å². The minimum Gasteiger partial charge on any atom is -0.497 e. The maximum atomic E-state index is 6.03. The molecule has 0 bridgehead atoms. The Morgan fingerprint density at radius 1 is 1.14 bits per heavy atom. The van der Waals surface area contributed by atoms with Crippen molar-refractivity contribution in [2.75, 3.05) is 7.11 Å². The van der Waals surface area contributed by atoms with E-state index in [1.165, 1.54) is 5.39 Å². The van der Waals surface area contributed by atoms with Crippen LogP contribution in [0.3, 0.4) is 0 Å². The number of ether oxygens (including phenoxy) is 1. The van der Waals surface area contributed by atoms with E-state index in [1.807, 2.05) is 37.3 Å². The van der Waals surface area contributed by atoms with Crippen molar-refractivity contribution in [3.05, 3.63) is 40.9 Å². The largest absolute Gasteiger partial charge is 0.497 e. The highest BCUT2D eigenvalue weighted by molar-refractivity contribution is 6.32. The highest BCUT2D eigenvalue weighted by Crippen LogP contribution is 2.27. The van der Waals surface area contributed by atoms with E-state index < -0.39 is 0 Å². The van der Waals surface area contributed by atoms with Gasteiger partial charge in [0.05, 0.1) is 7.11 Å². The maximum Gasteiger partial charge on any atom is 0.119 e. The molecule has 0 amide bonds. The van der Waals surface area contributed by atoms with Gasteiger partial charge in [0.2, 0.25) is 0 Å². The van der Waals surface area contributed by atoms with Crippen LogP contribution in [0.5, 0.6) is 5.75 Å². The number of aryl methyl sites for hydroxylation is 1. The summed E-state index contributed by atoms with van der Waals surface area (Å²) < 4.78 is 5.16. The zero-order chi connectivity index (χ0) is 10.1. The smallest absolute Gasteiger partial charge is 0.119 e. The summed E-state index contributed by atoms with van der Waals surface area (Å²) in [4.78, 5) is 0. The molecule has 0 spiro atoms. The molecule has 0 unspecified atom stereocenters. The van der Waals surface area contributed by atoms with E-state index in [4.69, 9.17) is 16.3 Å². The Kier molecular flexibility index (Phi) is 2.34. The van der Waals surface area contributed by atoms with Gasteiger partial charge in [0.15, 0.2) is 0 Å². The summed E-state index contributed by atoms with van der Waals surface area (Å²) >= 11 is 6.03. The molecule has 0 heterocycles. The van der Waals surface area contributed by atoms with Crippen molar-refractivity contribution in [2.24, 2.45) is 0 Å². The van der Waals surface area contributed by atoms with Crippen molar-refractivity contribution in [3.8, 4) is 5.75 Å². The molecule has 0 N–H and O–H groups in total. The SMILES string of the molecule is COc1ccc2c(C)c(Cl)ccc2c1. The number of methoxy groups -OCH3 is 1. The molecule has 0 aliphatic heterocycles. The number of hydrogen-bond donors (Lipinski definition) is 0. The molecule has 0 aliphatic carbocycles. The van der Waals surface area contributed by atoms with Gasteiger partial charge in [-0.15, -0.1) is 0 Å². The molecule has 0 atom stereocenters. The number of fused-ring (bicyclic) bond motifs is 1. The summed E-state index contributed by atoms with van der Waals surface area (Å²) in [5.74, 6) is 0.874. The van der Waals surface area contributed by atoms with Crippen molar-refractivity contribution in [1.29, 1.82) is 0 Å². The number of rotatable bonds is 1. The second kappa shape index (κ2) is 3.50. The monoisotopic (exact) mass is 206 g/mol. The van der Waals surface area contributed by atoms with Gasteiger partial charge in [-0.05, 0) is 41.5 Å². The Morgan fingerprint density at radius 2 is 1.93 bits per heavy atom. The van der Waals surface area contributed by atoms with Crippen molar-refractivity contribution in [2.45, 2.75) is 6.92 Å². The molecule has 0 aromatic heterocycles. The predicted molar refractivity (Wildman–Crippen MR) is 60.2 cm³/mol. The Balaban J connectivity index is 2.74. The molecule has 14 heavy (non-hydrogen) atoms. The highest BCUT2D eigenvalue weighted by Gasteiger charge is 2.02. The molecule has 0 radical (unpaired) electrons. The van der Waals surface area contributed by atoms with Crippen LogP contribution in [0.2, 0.25) is 5.02 Å². The van der Waals surface area contributed by atoms with Gasteiger partial charge in [-0.3, -0.25) is 0 Å². The van der Waals surface area contributed by atoms with Gasteiger partial charge in [-0.25, -0.2) is 0 Å². The number of halogens is 1. The second-order valence-electron chi connectivity index (χ2n) is 3.26. The minimum absolute atomic E-state index is 0.808. The van der Waals surface area contributed by atoms with Crippen molar-refractivity contribution in [3.63, 3.8) is 0 Å². The Bertz CT molecular complexity index is 477. The van der Waals surface area contributed by atoms with Gasteiger partial charge >= 0.3 is 0 Å². The third kappa shape index (κ3) is 1.44. The van der Waals surface area contributed by atoms with Crippen LogP contribution in [0.25, 0.3) is 10.8 Å². The average Bonchev–Trinajstić information content (AvgIpc) is 2.23. The number of hydrogen-bond acceptors (Lipinski definition) is 1. The lowest BCUT2D eigenvalue weighted by atomic mass is 10.1. The average molecular weight is 207 g/mol. The third-order valence-electron chi connectivity index (χ3n) is 2.43. The Labute approximate surface area is 88.3 Å². The minimum atomic E-state index is 0.808. The zero-order valence-electron chi connectivity index (χ0n) is 8.17. The summed E-state index contributed by atoms with van der Waals surface area (Å²) in [5, 5.41) is 3.15. The molecule has 0 saturated heterocycles. The normalized spacial score (nSPS) is 10.5. The van der Waals surface area contributed by atoms with E-state index >= 15 is 0 Å². The van der Waals surface area contributed by atoms with E-state index in [2.05, 4.69) is 0 Å². The fraction of sp³-hybridized carbons (Fsp3) is 0.167. The molecule has 0 fully saturated rings. The molecule has 2 heteroatoms. The van der Waals surface area contributed by atoms with Crippen molar-refractivity contribution in [1.82, 2.24) is 0 Å². The molecular weight excluding hydrogens is 196 g/mol. The first-order valence-electron chi connectivity index (χ1n) is 4.45. The third-order valence-corrected chi connectivity index (χ3v) is 2.84.